The summed E-state index contributed by atoms with van der Waals surface area (Å²) >= 11 is 0. The minimum absolute atomic E-state index is 0.0310. The third-order valence-corrected chi connectivity index (χ3v) is 3.26. The van der Waals surface area contributed by atoms with Gasteiger partial charge in [-0.3, -0.25) is 14.7 Å². The molecule has 1 aliphatic rings. The zero-order valence-corrected chi connectivity index (χ0v) is 11.1. The van der Waals surface area contributed by atoms with E-state index in [1.165, 1.54) is 0 Å². The highest BCUT2D eigenvalue weighted by atomic mass is 16.2. The van der Waals surface area contributed by atoms with E-state index in [0.717, 1.165) is 18.5 Å². The van der Waals surface area contributed by atoms with Crippen LogP contribution in [0, 0.1) is 0 Å². The van der Waals surface area contributed by atoms with Crippen LogP contribution in [0.15, 0.2) is 42.7 Å². The number of nitrogen functional groups attached to an aromatic ring is 1. The van der Waals surface area contributed by atoms with Gasteiger partial charge in [-0.15, -0.1) is 0 Å². The first-order valence-corrected chi connectivity index (χ1v) is 6.67. The Hall–Kier alpha value is -2.43. The molecule has 5 heteroatoms. The minimum Gasteiger partial charge on any atom is -0.397 e. The number of rotatable bonds is 4. The van der Waals surface area contributed by atoms with Gasteiger partial charge in [-0.05, 0) is 37.1 Å². The Bertz CT molecular complexity index is 593. The molecule has 0 spiro atoms. The van der Waals surface area contributed by atoms with Crippen LogP contribution in [0.5, 0.6) is 0 Å². The fourth-order valence-corrected chi connectivity index (χ4v) is 2.13. The summed E-state index contributed by atoms with van der Waals surface area (Å²) in [5.74, 6) is 0.700. The van der Waals surface area contributed by atoms with Crippen molar-refractivity contribution in [3.05, 3.63) is 48.4 Å². The second kappa shape index (κ2) is 5.28. The molecule has 0 saturated heterocycles. The van der Waals surface area contributed by atoms with E-state index in [0.29, 0.717) is 17.9 Å². The smallest absolute Gasteiger partial charge is 0.234 e. The van der Waals surface area contributed by atoms with Gasteiger partial charge in [0.05, 0.1) is 18.3 Å². The quantitative estimate of drug-likeness (QED) is 0.917. The van der Waals surface area contributed by atoms with Crippen molar-refractivity contribution in [2.75, 3.05) is 10.6 Å². The Morgan fingerprint density at radius 1 is 1.25 bits per heavy atom. The Morgan fingerprint density at radius 3 is 2.70 bits per heavy atom. The zero-order chi connectivity index (χ0) is 13.9. The van der Waals surface area contributed by atoms with Crippen molar-refractivity contribution in [2.45, 2.75) is 25.3 Å². The van der Waals surface area contributed by atoms with Crippen LogP contribution in [0.3, 0.4) is 0 Å². The molecule has 2 N–H and O–H groups in total. The van der Waals surface area contributed by atoms with Gasteiger partial charge in [-0.1, -0.05) is 6.07 Å². The second-order valence-electron chi connectivity index (χ2n) is 4.94. The number of nitrogens with zero attached hydrogens (tertiary/aromatic N) is 3. The van der Waals surface area contributed by atoms with Gasteiger partial charge in [0.15, 0.2) is 0 Å². The molecular formula is C15H16N4O. The maximum atomic E-state index is 12.5. The highest BCUT2D eigenvalue weighted by Gasteiger charge is 2.34. The number of pyridine rings is 2. The Labute approximate surface area is 117 Å². The lowest BCUT2D eigenvalue weighted by Crippen LogP contribution is -2.35. The van der Waals surface area contributed by atoms with Crippen molar-refractivity contribution in [3.63, 3.8) is 0 Å². The van der Waals surface area contributed by atoms with Gasteiger partial charge in [0.2, 0.25) is 5.91 Å². The van der Waals surface area contributed by atoms with Crippen molar-refractivity contribution < 1.29 is 4.79 Å². The lowest BCUT2D eigenvalue weighted by atomic mass is 10.2. The molecule has 0 radical (unpaired) electrons. The number of hydrogen-bond acceptors (Lipinski definition) is 4. The van der Waals surface area contributed by atoms with E-state index in [1.807, 2.05) is 18.2 Å². The molecule has 1 aliphatic carbocycles. The maximum absolute atomic E-state index is 12.5. The van der Waals surface area contributed by atoms with Crippen LogP contribution in [0.25, 0.3) is 0 Å². The first-order chi connectivity index (χ1) is 9.74. The minimum atomic E-state index is 0.0310. The van der Waals surface area contributed by atoms with Gasteiger partial charge in [0.25, 0.3) is 0 Å². The van der Waals surface area contributed by atoms with Crippen LogP contribution in [0.2, 0.25) is 0 Å². The van der Waals surface area contributed by atoms with Crippen molar-refractivity contribution in [2.24, 2.45) is 0 Å². The maximum Gasteiger partial charge on any atom is 0.234 e. The molecule has 102 valence electrons. The Kier molecular flexibility index (Phi) is 3.33. The van der Waals surface area contributed by atoms with Crippen LogP contribution >= 0.6 is 0 Å². The van der Waals surface area contributed by atoms with Crippen molar-refractivity contribution >= 4 is 17.4 Å². The van der Waals surface area contributed by atoms with E-state index >= 15 is 0 Å². The number of carbonyl (C=O) groups excluding carboxylic acids is 1. The van der Waals surface area contributed by atoms with E-state index in [9.17, 15) is 4.79 Å². The molecule has 0 aliphatic heterocycles. The molecule has 1 amide bonds. The summed E-state index contributed by atoms with van der Waals surface area (Å²) in [4.78, 5) is 22.7. The Balaban J connectivity index is 1.80. The molecule has 2 aromatic heterocycles. The van der Waals surface area contributed by atoms with Crippen LogP contribution in [-0.4, -0.2) is 21.9 Å². The fourth-order valence-electron chi connectivity index (χ4n) is 2.13. The van der Waals surface area contributed by atoms with Crippen LogP contribution < -0.4 is 10.6 Å². The van der Waals surface area contributed by atoms with Crippen LogP contribution in [0.1, 0.15) is 18.5 Å². The van der Waals surface area contributed by atoms with Gasteiger partial charge in [0.1, 0.15) is 5.82 Å². The Morgan fingerprint density at radius 2 is 2.10 bits per heavy atom. The van der Waals surface area contributed by atoms with E-state index in [-0.39, 0.29) is 11.9 Å². The van der Waals surface area contributed by atoms with Crippen molar-refractivity contribution in [1.29, 1.82) is 0 Å². The van der Waals surface area contributed by atoms with E-state index in [2.05, 4.69) is 9.97 Å². The van der Waals surface area contributed by atoms with Gasteiger partial charge in [-0.2, -0.15) is 0 Å². The lowest BCUT2D eigenvalue weighted by molar-refractivity contribution is -0.118. The summed E-state index contributed by atoms with van der Waals surface area (Å²) in [7, 11) is 0. The summed E-state index contributed by atoms with van der Waals surface area (Å²) < 4.78 is 0. The molecule has 0 atom stereocenters. The van der Waals surface area contributed by atoms with E-state index < -0.39 is 0 Å². The molecular weight excluding hydrogens is 252 g/mol. The van der Waals surface area contributed by atoms with Gasteiger partial charge in [0, 0.05) is 17.9 Å². The summed E-state index contributed by atoms with van der Waals surface area (Å²) in [6.07, 6.45) is 5.63. The molecule has 1 fully saturated rings. The normalized spacial score (nSPS) is 14.0. The molecule has 2 aromatic rings. The predicted molar refractivity (Wildman–Crippen MR) is 77.1 cm³/mol. The molecule has 1 saturated carbocycles. The average molecular weight is 268 g/mol. The van der Waals surface area contributed by atoms with Crippen molar-refractivity contribution in [1.82, 2.24) is 9.97 Å². The monoisotopic (exact) mass is 268 g/mol. The van der Waals surface area contributed by atoms with Gasteiger partial charge < -0.3 is 5.73 Å². The number of amides is 1. The number of nitrogens with two attached hydrogens (primary N) is 1. The van der Waals surface area contributed by atoms with Gasteiger partial charge in [-0.25, -0.2) is 4.98 Å². The number of hydrogen-bond donors (Lipinski definition) is 1. The fraction of sp³-hybridized carbons (Fsp3) is 0.267. The number of anilines is 2. The molecule has 5 nitrogen and oxygen atoms in total. The lowest BCUT2D eigenvalue weighted by Gasteiger charge is -2.21. The molecule has 0 aromatic carbocycles. The molecule has 0 bridgehead atoms. The standard InChI is InChI=1S/C15H16N4O/c16-11-4-7-14(18-10-11)19(13-5-6-13)15(20)9-12-3-1-2-8-17-12/h1-4,7-8,10,13H,5-6,9,16H2. The summed E-state index contributed by atoms with van der Waals surface area (Å²) in [6, 6.07) is 9.42. The topological polar surface area (TPSA) is 72.1 Å². The number of carbonyl (C=O) groups is 1. The molecule has 0 unspecified atom stereocenters. The molecule has 20 heavy (non-hydrogen) atoms. The highest BCUT2D eigenvalue weighted by Crippen LogP contribution is 2.31. The summed E-state index contributed by atoms with van der Waals surface area (Å²) in [6.45, 7) is 0. The third-order valence-electron chi connectivity index (χ3n) is 3.26. The van der Waals surface area contributed by atoms with Gasteiger partial charge >= 0.3 is 0 Å². The van der Waals surface area contributed by atoms with E-state index in [4.69, 9.17) is 5.73 Å². The average Bonchev–Trinajstić information content (AvgIpc) is 3.27. The molecule has 2 heterocycles. The van der Waals surface area contributed by atoms with Crippen molar-refractivity contribution in [3.8, 4) is 0 Å². The van der Waals surface area contributed by atoms with Crippen LogP contribution in [-0.2, 0) is 11.2 Å². The summed E-state index contributed by atoms with van der Waals surface area (Å²) in [5, 5.41) is 0. The third kappa shape index (κ3) is 2.77. The van der Waals surface area contributed by atoms with E-state index in [1.54, 1.807) is 29.4 Å². The summed E-state index contributed by atoms with van der Waals surface area (Å²) in [5.41, 5.74) is 7.02. The second-order valence-corrected chi connectivity index (χ2v) is 4.94. The predicted octanol–water partition coefficient (Wildman–Crippen LogP) is 1.80. The van der Waals surface area contributed by atoms with Crippen LogP contribution in [0.4, 0.5) is 11.5 Å². The number of aromatic nitrogens is 2. The largest absolute Gasteiger partial charge is 0.397 e. The first kappa shape index (κ1) is 12.6. The SMILES string of the molecule is Nc1ccc(N(C(=O)Cc2ccccn2)C2CC2)nc1. The first-order valence-electron chi connectivity index (χ1n) is 6.67. The molecule has 3 rings (SSSR count). The zero-order valence-electron chi connectivity index (χ0n) is 11.1. The highest BCUT2D eigenvalue weighted by molar-refractivity contribution is 5.94.